The first kappa shape index (κ1) is 25.2. The largest absolute Gasteiger partial charge is 0.356 e. The molecule has 1 aliphatic carbocycles. The summed E-state index contributed by atoms with van der Waals surface area (Å²) in [7, 11) is 1.87. The third-order valence-electron chi connectivity index (χ3n) is 8.20. The van der Waals surface area contributed by atoms with Crippen LogP contribution in [0.25, 0.3) is 27.8 Å². The highest BCUT2D eigenvalue weighted by molar-refractivity contribution is 6.33. The maximum Gasteiger partial charge on any atom is 0.252 e. The molecule has 1 saturated heterocycles. The van der Waals surface area contributed by atoms with Gasteiger partial charge in [0.1, 0.15) is 17.7 Å². The van der Waals surface area contributed by atoms with Gasteiger partial charge in [-0.2, -0.15) is 15.5 Å². The highest BCUT2D eigenvalue weighted by atomic mass is 35.5. The summed E-state index contributed by atoms with van der Waals surface area (Å²) in [5.41, 5.74) is 5.05. The normalized spacial score (nSPS) is 19.3. The van der Waals surface area contributed by atoms with Crippen molar-refractivity contribution in [1.29, 1.82) is 5.26 Å². The molecule has 204 valence electrons. The lowest BCUT2D eigenvalue weighted by Crippen LogP contribution is -2.31. The molecule has 1 amide bonds. The molecule has 0 bridgehead atoms. The number of aromatic nitrogens is 5. The Bertz CT molecular complexity index is 1840. The number of benzene rings is 1. The van der Waals surface area contributed by atoms with Gasteiger partial charge >= 0.3 is 0 Å². The van der Waals surface area contributed by atoms with Crippen molar-refractivity contribution in [2.24, 2.45) is 24.8 Å². The first-order valence-corrected chi connectivity index (χ1v) is 13.6. The standard InChI is InChI=1S/C30H24ClFN8O/c1-38-13-20(11-36-38)18-6-22(29-19(8-33)10-37-40(29)14-18)17-2-5-28(34-9-17)39-15-25-24(26(25)16-39)12-35-30(41)23-7-21(32)3-4-27(23)31/h2-7,9-11,13-14,24-26H,12,15-16H2,1H3,(H,35,41). The average Bonchev–Trinajstić information content (AvgIpc) is 3.42. The van der Waals surface area contributed by atoms with Crippen LogP contribution in [-0.2, 0) is 7.05 Å². The highest BCUT2D eigenvalue weighted by Gasteiger charge is 2.55. The number of fused-ring (bicyclic) bond motifs is 2. The Morgan fingerprint density at radius 2 is 1.90 bits per heavy atom. The Labute approximate surface area is 239 Å². The lowest BCUT2D eigenvalue weighted by Gasteiger charge is -2.21. The first-order chi connectivity index (χ1) is 19.9. The molecule has 11 heteroatoms. The van der Waals surface area contributed by atoms with Gasteiger partial charge in [-0.25, -0.2) is 13.9 Å². The fourth-order valence-electron chi connectivity index (χ4n) is 6.00. The second-order valence-electron chi connectivity index (χ2n) is 10.6. The van der Waals surface area contributed by atoms with E-state index in [0.29, 0.717) is 29.9 Å². The topological polar surface area (TPSA) is 104 Å². The van der Waals surface area contributed by atoms with E-state index >= 15 is 0 Å². The third kappa shape index (κ3) is 4.48. The van der Waals surface area contributed by atoms with Crippen molar-refractivity contribution >= 4 is 28.8 Å². The summed E-state index contributed by atoms with van der Waals surface area (Å²) in [4.78, 5) is 19.5. The Kier molecular flexibility index (Phi) is 5.98. The zero-order valence-electron chi connectivity index (χ0n) is 22.0. The fourth-order valence-corrected chi connectivity index (χ4v) is 6.20. The molecule has 1 aliphatic heterocycles. The van der Waals surface area contributed by atoms with Crippen LogP contribution in [0.4, 0.5) is 10.2 Å². The van der Waals surface area contributed by atoms with E-state index in [1.807, 2.05) is 43.8 Å². The van der Waals surface area contributed by atoms with Gasteiger partial charge in [-0.15, -0.1) is 0 Å². The maximum absolute atomic E-state index is 13.5. The van der Waals surface area contributed by atoms with Crippen molar-refractivity contribution in [2.75, 3.05) is 24.5 Å². The molecule has 2 atom stereocenters. The Morgan fingerprint density at radius 3 is 2.61 bits per heavy atom. The van der Waals surface area contributed by atoms with Gasteiger partial charge in [-0.05, 0) is 54.2 Å². The Morgan fingerprint density at radius 1 is 1.07 bits per heavy atom. The number of hydrogen-bond donors (Lipinski definition) is 1. The molecule has 0 spiro atoms. The van der Waals surface area contributed by atoms with E-state index < -0.39 is 5.82 Å². The number of nitrogens with one attached hydrogen (secondary N) is 1. The van der Waals surface area contributed by atoms with Gasteiger partial charge < -0.3 is 10.2 Å². The number of hydrogen-bond acceptors (Lipinski definition) is 6. The monoisotopic (exact) mass is 566 g/mol. The summed E-state index contributed by atoms with van der Waals surface area (Å²) in [6, 6.07) is 12.1. The minimum Gasteiger partial charge on any atom is -0.356 e. The molecule has 41 heavy (non-hydrogen) atoms. The zero-order chi connectivity index (χ0) is 28.2. The van der Waals surface area contributed by atoms with Crippen molar-refractivity contribution in [1.82, 2.24) is 29.7 Å². The number of amides is 1. The van der Waals surface area contributed by atoms with Crippen LogP contribution < -0.4 is 10.2 Å². The number of nitrogens with zero attached hydrogens (tertiary/aromatic N) is 7. The molecular weight excluding hydrogens is 543 g/mol. The van der Waals surface area contributed by atoms with Crippen LogP contribution in [0.3, 0.4) is 0 Å². The molecule has 2 unspecified atom stereocenters. The van der Waals surface area contributed by atoms with Crippen LogP contribution in [0.1, 0.15) is 15.9 Å². The highest BCUT2D eigenvalue weighted by Crippen LogP contribution is 2.52. The summed E-state index contributed by atoms with van der Waals surface area (Å²) in [6.07, 6.45) is 9.07. The van der Waals surface area contributed by atoms with Crippen molar-refractivity contribution < 1.29 is 9.18 Å². The SMILES string of the molecule is Cn1cc(-c2cc(-c3ccc(N4CC5C(CNC(=O)c6cc(F)ccc6Cl)C5C4)nc3)c3c(C#N)cnn3c2)cn1. The number of piperidine rings is 1. The molecule has 4 aromatic heterocycles. The van der Waals surface area contributed by atoms with Crippen LogP contribution in [-0.4, -0.2) is 49.9 Å². The predicted molar refractivity (Wildman–Crippen MR) is 152 cm³/mol. The summed E-state index contributed by atoms with van der Waals surface area (Å²) in [5.74, 6) is 1.38. The number of pyridine rings is 2. The molecular formula is C30H24ClFN8O. The second kappa shape index (κ2) is 9.71. The van der Waals surface area contributed by atoms with E-state index in [4.69, 9.17) is 16.6 Å². The lowest BCUT2D eigenvalue weighted by molar-refractivity contribution is 0.0950. The van der Waals surface area contributed by atoms with E-state index in [1.54, 1.807) is 21.6 Å². The summed E-state index contributed by atoms with van der Waals surface area (Å²) < 4.78 is 17.0. The van der Waals surface area contributed by atoms with E-state index in [0.717, 1.165) is 52.7 Å². The smallest absolute Gasteiger partial charge is 0.252 e. The zero-order valence-corrected chi connectivity index (χ0v) is 22.8. The quantitative estimate of drug-likeness (QED) is 0.323. The van der Waals surface area contributed by atoms with Crippen LogP contribution in [0.2, 0.25) is 5.02 Å². The molecule has 2 aliphatic rings. The van der Waals surface area contributed by atoms with E-state index in [9.17, 15) is 14.4 Å². The van der Waals surface area contributed by atoms with Gasteiger partial charge in [0.25, 0.3) is 5.91 Å². The molecule has 5 aromatic rings. The van der Waals surface area contributed by atoms with E-state index in [-0.39, 0.29) is 16.5 Å². The molecule has 1 N–H and O–H groups in total. The van der Waals surface area contributed by atoms with Gasteiger partial charge in [0.15, 0.2) is 0 Å². The van der Waals surface area contributed by atoms with Gasteiger partial charge in [-0.1, -0.05) is 11.6 Å². The average molecular weight is 567 g/mol. The number of anilines is 1. The van der Waals surface area contributed by atoms with Gasteiger partial charge in [0, 0.05) is 67.5 Å². The van der Waals surface area contributed by atoms with E-state index in [2.05, 4.69) is 26.5 Å². The van der Waals surface area contributed by atoms with Crippen LogP contribution in [0, 0.1) is 34.9 Å². The summed E-state index contributed by atoms with van der Waals surface area (Å²) >= 11 is 6.07. The Balaban J connectivity index is 1.05. The lowest BCUT2D eigenvalue weighted by atomic mass is 10.0. The van der Waals surface area contributed by atoms with Gasteiger partial charge in [0.05, 0.1) is 34.1 Å². The molecule has 0 radical (unpaired) electrons. The van der Waals surface area contributed by atoms with Gasteiger partial charge in [-0.3, -0.25) is 9.48 Å². The number of nitriles is 1. The van der Waals surface area contributed by atoms with Crippen molar-refractivity contribution in [3.05, 3.63) is 89.3 Å². The number of halogens is 2. The Hall–Kier alpha value is -4.75. The van der Waals surface area contributed by atoms with Crippen LogP contribution >= 0.6 is 11.6 Å². The van der Waals surface area contributed by atoms with Crippen LogP contribution in [0.5, 0.6) is 0 Å². The van der Waals surface area contributed by atoms with Crippen molar-refractivity contribution in [2.45, 2.75) is 0 Å². The second-order valence-corrected chi connectivity index (χ2v) is 11.1. The minimum atomic E-state index is -0.488. The molecule has 2 fully saturated rings. The molecule has 9 nitrogen and oxygen atoms in total. The van der Waals surface area contributed by atoms with Gasteiger partial charge in [0.2, 0.25) is 0 Å². The molecule has 7 rings (SSSR count). The number of aryl methyl sites for hydroxylation is 1. The van der Waals surface area contributed by atoms with Crippen LogP contribution in [0.15, 0.2) is 67.4 Å². The number of carbonyl (C=O) groups excluding carboxylic acids is 1. The maximum atomic E-state index is 13.5. The predicted octanol–water partition coefficient (Wildman–Crippen LogP) is 4.57. The third-order valence-corrected chi connectivity index (χ3v) is 8.53. The fraction of sp³-hybridized carbons (Fsp3) is 0.233. The summed E-state index contributed by atoms with van der Waals surface area (Å²) in [6.45, 7) is 2.26. The van der Waals surface area contributed by atoms with E-state index in [1.165, 1.54) is 12.1 Å². The molecule has 1 aromatic carbocycles. The minimum absolute atomic E-state index is 0.157. The number of carbonyl (C=O) groups is 1. The summed E-state index contributed by atoms with van der Waals surface area (Å²) in [5, 5.41) is 21.5. The molecule has 1 saturated carbocycles. The molecule has 5 heterocycles. The van der Waals surface area contributed by atoms with Crippen molar-refractivity contribution in [3.63, 3.8) is 0 Å². The van der Waals surface area contributed by atoms with Crippen molar-refractivity contribution in [3.8, 4) is 28.3 Å². The first-order valence-electron chi connectivity index (χ1n) is 13.2. The number of rotatable bonds is 6.